The predicted octanol–water partition coefficient (Wildman–Crippen LogP) is 4.93. The first-order valence-electron chi connectivity index (χ1n) is 7.29. The number of halogens is 1. The molecule has 0 aliphatic rings. The van der Waals surface area contributed by atoms with Crippen molar-refractivity contribution in [2.24, 2.45) is 5.92 Å². The molecule has 0 aliphatic heterocycles. The van der Waals surface area contributed by atoms with Gasteiger partial charge >= 0.3 is 0 Å². The average molecular weight is 328 g/mol. The van der Waals surface area contributed by atoms with Crippen molar-refractivity contribution >= 4 is 15.9 Å². The van der Waals surface area contributed by atoms with Crippen LogP contribution in [-0.4, -0.2) is 13.2 Å². The summed E-state index contributed by atoms with van der Waals surface area (Å²) in [7, 11) is 0. The zero-order valence-corrected chi connectivity index (χ0v) is 14.1. The molecule has 0 aliphatic carbocycles. The van der Waals surface area contributed by atoms with Crippen LogP contribution in [0.2, 0.25) is 0 Å². The van der Waals surface area contributed by atoms with Gasteiger partial charge in [0.25, 0.3) is 0 Å². The molecule has 0 spiro atoms. The Morgan fingerprint density at radius 2 is 2.00 bits per heavy atom. The molecule has 0 fully saturated rings. The third kappa shape index (κ3) is 4.81. The van der Waals surface area contributed by atoms with Crippen molar-refractivity contribution in [2.45, 2.75) is 46.6 Å². The summed E-state index contributed by atoms with van der Waals surface area (Å²) >= 11 is 3.60. The highest BCUT2D eigenvalue weighted by molar-refractivity contribution is 9.10. The molecule has 2 unspecified atom stereocenters. The Morgan fingerprint density at radius 3 is 2.53 bits per heavy atom. The summed E-state index contributed by atoms with van der Waals surface area (Å²) in [5, 5.41) is 3.60. The second-order valence-electron chi connectivity index (χ2n) is 4.92. The molecule has 0 heterocycles. The highest BCUT2D eigenvalue weighted by Crippen LogP contribution is 2.32. The van der Waals surface area contributed by atoms with E-state index in [1.807, 2.05) is 6.92 Å². The first-order chi connectivity index (χ1) is 9.13. The quantitative estimate of drug-likeness (QED) is 0.730. The van der Waals surface area contributed by atoms with Crippen molar-refractivity contribution in [3.63, 3.8) is 0 Å². The smallest absolute Gasteiger partial charge is 0.133 e. The summed E-state index contributed by atoms with van der Waals surface area (Å²) in [4.78, 5) is 0. The molecule has 0 saturated carbocycles. The van der Waals surface area contributed by atoms with Crippen molar-refractivity contribution < 1.29 is 4.74 Å². The van der Waals surface area contributed by atoms with E-state index in [0.29, 0.717) is 18.6 Å². The summed E-state index contributed by atoms with van der Waals surface area (Å²) < 4.78 is 6.61. The van der Waals surface area contributed by atoms with E-state index in [0.717, 1.165) is 16.8 Å². The van der Waals surface area contributed by atoms with Gasteiger partial charge < -0.3 is 10.1 Å². The van der Waals surface area contributed by atoms with Gasteiger partial charge in [0.1, 0.15) is 5.75 Å². The van der Waals surface area contributed by atoms with Crippen molar-refractivity contribution in [3.8, 4) is 5.75 Å². The number of nitrogens with one attached hydrogen (secondary N) is 1. The monoisotopic (exact) mass is 327 g/mol. The van der Waals surface area contributed by atoms with E-state index in [-0.39, 0.29) is 0 Å². The molecule has 0 radical (unpaired) electrons. The van der Waals surface area contributed by atoms with Gasteiger partial charge in [0.05, 0.1) is 11.1 Å². The van der Waals surface area contributed by atoms with Crippen LogP contribution in [0.15, 0.2) is 22.7 Å². The van der Waals surface area contributed by atoms with Crippen LogP contribution in [0.5, 0.6) is 5.75 Å². The molecule has 0 saturated heterocycles. The molecule has 108 valence electrons. The Morgan fingerprint density at radius 1 is 1.26 bits per heavy atom. The number of hydrogen-bond donors (Lipinski definition) is 1. The maximum absolute atomic E-state index is 5.57. The number of benzene rings is 1. The third-order valence-corrected chi connectivity index (χ3v) is 3.97. The zero-order chi connectivity index (χ0) is 14.3. The van der Waals surface area contributed by atoms with Crippen LogP contribution in [0.1, 0.15) is 52.1 Å². The number of ether oxygens (including phenoxy) is 1. The fraction of sp³-hybridized carbons (Fsp3) is 0.625. The summed E-state index contributed by atoms with van der Waals surface area (Å²) in [6.07, 6.45) is 2.46. The molecule has 1 N–H and O–H groups in total. The van der Waals surface area contributed by atoms with E-state index in [9.17, 15) is 0 Å². The van der Waals surface area contributed by atoms with Crippen molar-refractivity contribution in [2.75, 3.05) is 13.2 Å². The summed E-state index contributed by atoms with van der Waals surface area (Å²) in [6, 6.07) is 6.84. The lowest BCUT2D eigenvalue weighted by atomic mass is 9.91. The molecule has 1 rings (SSSR count). The van der Waals surface area contributed by atoms with Gasteiger partial charge in [-0.25, -0.2) is 0 Å². The first-order valence-corrected chi connectivity index (χ1v) is 8.08. The number of hydrogen-bond acceptors (Lipinski definition) is 2. The number of rotatable bonds is 8. The van der Waals surface area contributed by atoms with Gasteiger partial charge in [0, 0.05) is 6.04 Å². The minimum Gasteiger partial charge on any atom is -0.493 e. The SMILES string of the molecule is CCCC(C)C(NCC)c1ccc(OCC)c(Br)c1. The molecule has 3 heteroatoms. The normalized spacial score (nSPS) is 14.2. The zero-order valence-electron chi connectivity index (χ0n) is 12.5. The maximum Gasteiger partial charge on any atom is 0.133 e. The van der Waals surface area contributed by atoms with Crippen LogP contribution in [0.25, 0.3) is 0 Å². The van der Waals surface area contributed by atoms with E-state index in [4.69, 9.17) is 4.74 Å². The minimum absolute atomic E-state index is 0.414. The maximum atomic E-state index is 5.57. The fourth-order valence-electron chi connectivity index (χ4n) is 2.47. The molecule has 19 heavy (non-hydrogen) atoms. The first kappa shape index (κ1) is 16.5. The van der Waals surface area contributed by atoms with Crippen LogP contribution < -0.4 is 10.1 Å². The molecular formula is C16H26BrNO. The lowest BCUT2D eigenvalue weighted by Gasteiger charge is -2.25. The Balaban J connectivity index is 2.92. The largest absolute Gasteiger partial charge is 0.493 e. The molecule has 1 aromatic carbocycles. The minimum atomic E-state index is 0.414. The molecule has 0 bridgehead atoms. The van der Waals surface area contributed by atoms with Gasteiger partial charge in [-0.15, -0.1) is 0 Å². The van der Waals surface area contributed by atoms with Gasteiger partial charge in [-0.05, 0) is 59.4 Å². The second kappa shape index (κ2) is 8.60. The van der Waals surface area contributed by atoms with E-state index in [1.54, 1.807) is 0 Å². The van der Waals surface area contributed by atoms with Crippen molar-refractivity contribution in [3.05, 3.63) is 28.2 Å². The highest BCUT2D eigenvalue weighted by atomic mass is 79.9. The molecular weight excluding hydrogens is 302 g/mol. The van der Waals surface area contributed by atoms with Gasteiger partial charge in [-0.2, -0.15) is 0 Å². The van der Waals surface area contributed by atoms with E-state index < -0.39 is 0 Å². The predicted molar refractivity (Wildman–Crippen MR) is 85.8 cm³/mol. The molecule has 0 aromatic heterocycles. The molecule has 2 atom stereocenters. The Kier molecular flexibility index (Phi) is 7.47. The van der Waals surface area contributed by atoms with E-state index in [1.165, 1.54) is 18.4 Å². The summed E-state index contributed by atoms with van der Waals surface area (Å²) in [6.45, 7) is 10.4. The summed E-state index contributed by atoms with van der Waals surface area (Å²) in [5.41, 5.74) is 1.33. The van der Waals surface area contributed by atoms with Crippen LogP contribution in [-0.2, 0) is 0 Å². The van der Waals surface area contributed by atoms with Gasteiger partial charge in [-0.3, -0.25) is 0 Å². The molecule has 1 aromatic rings. The molecule has 2 nitrogen and oxygen atoms in total. The van der Waals surface area contributed by atoms with Crippen molar-refractivity contribution in [1.29, 1.82) is 0 Å². The van der Waals surface area contributed by atoms with E-state index >= 15 is 0 Å². The van der Waals surface area contributed by atoms with Gasteiger partial charge in [0.15, 0.2) is 0 Å². The lowest BCUT2D eigenvalue weighted by molar-refractivity contribution is 0.336. The lowest BCUT2D eigenvalue weighted by Crippen LogP contribution is -2.26. The van der Waals surface area contributed by atoms with Crippen LogP contribution in [0.4, 0.5) is 0 Å². The standard InChI is InChI=1S/C16H26BrNO/c1-5-8-12(4)16(18-6-2)13-9-10-15(19-7-3)14(17)11-13/h9-12,16,18H,5-8H2,1-4H3. The summed E-state index contributed by atoms with van der Waals surface area (Å²) in [5.74, 6) is 1.56. The Hall–Kier alpha value is -0.540. The topological polar surface area (TPSA) is 21.3 Å². The van der Waals surface area contributed by atoms with Crippen LogP contribution in [0.3, 0.4) is 0 Å². The van der Waals surface area contributed by atoms with Gasteiger partial charge in [-0.1, -0.05) is 33.3 Å². The van der Waals surface area contributed by atoms with Crippen LogP contribution in [0, 0.1) is 5.92 Å². The Bertz CT molecular complexity index is 381. The highest BCUT2D eigenvalue weighted by Gasteiger charge is 2.18. The Labute approximate surface area is 126 Å². The molecule has 0 amide bonds. The third-order valence-electron chi connectivity index (χ3n) is 3.35. The fourth-order valence-corrected chi connectivity index (χ4v) is 2.98. The van der Waals surface area contributed by atoms with Crippen LogP contribution >= 0.6 is 15.9 Å². The average Bonchev–Trinajstić information content (AvgIpc) is 2.39. The second-order valence-corrected chi connectivity index (χ2v) is 5.78. The van der Waals surface area contributed by atoms with E-state index in [2.05, 4.69) is 60.2 Å². The van der Waals surface area contributed by atoms with Gasteiger partial charge in [0.2, 0.25) is 0 Å². The van der Waals surface area contributed by atoms with Crippen molar-refractivity contribution in [1.82, 2.24) is 5.32 Å².